The van der Waals surface area contributed by atoms with Crippen LogP contribution in [0.1, 0.15) is 22.0 Å². The molecule has 3 nitrogen and oxygen atoms in total. The zero-order chi connectivity index (χ0) is 16.1. The van der Waals surface area contributed by atoms with E-state index in [4.69, 9.17) is 4.74 Å². The van der Waals surface area contributed by atoms with Gasteiger partial charge < -0.3 is 10.1 Å². The molecular formula is C16H14F3NO2. The van der Waals surface area contributed by atoms with Crippen LogP contribution in [0, 0.1) is 17.5 Å². The van der Waals surface area contributed by atoms with Crippen molar-refractivity contribution in [1.29, 1.82) is 0 Å². The zero-order valence-corrected chi connectivity index (χ0v) is 11.8. The number of methoxy groups -OCH3 is 1. The molecule has 2 aromatic rings. The van der Waals surface area contributed by atoms with Gasteiger partial charge in [-0.1, -0.05) is 12.1 Å². The van der Waals surface area contributed by atoms with Crippen LogP contribution in [-0.4, -0.2) is 19.6 Å². The van der Waals surface area contributed by atoms with Crippen LogP contribution in [0.25, 0.3) is 0 Å². The highest BCUT2D eigenvalue weighted by atomic mass is 19.2. The first kappa shape index (κ1) is 16.0. The van der Waals surface area contributed by atoms with Gasteiger partial charge in [0.25, 0.3) is 5.91 Å². The minimum atomic E-state index is -1.10. The predicted octanol–water partition coefficient (Wildman–Crippen LogP) is 3.22. The summed E-state index contributed by atoms with van der Waals surface area (Å²) < 4.78 is 44.3. The highest BCUT2D eigenvalue weighted by Crippen LogP contribution is 2.17. The Morgan fingerprint density at radius 3 is 2.55 bits per heavy atom. The minimum Gasteiger partial charge on any atom is -0.375 e. The van der Waals surface area contributed by atoms with Crippen molar-refractivity contribution in [3.8, 4) is 0 Å². The lowest BCUT2D eigenvalue weighted by Gasteiger charge is -2.16. The summed E-state index contributed by atoms with van der Waals surface area (Å²) in [5, 5.41) is 2.54. The van der Waals surface area contributed by atoms with Gasteiger partial charge >= 0.3 is 0 Å². The van der Waals surface area contributed by atoms with Crippen molar-refractivity contribution in [2.45, 2.75) is 6.10 Å². The molecule has 2 rings (SSSR count). The zero-order valence-electron chi connectivity index (χ0n) is 11.8. The fourth-order valence-corrected chi connectivity index (χ4v) is 1.97. The van der Waals surface area contributed by atoms with Crippen molar-refractivity contribution in [3.63, 3.8) is 0 Å². The third-order valence-electron chi connectivity index (χ3n) is 3.13. The summed E-state index contributed by atoms with van der Waals surface area (Å²) >= 11 is 0. The molecule has 0 radical (unpaired) electrons. The molecule has 0 spiro atoms. The van der Waals surface area contributed by atoms with Gasteiger partial charge in [-0.2, -0.15) is 0 Å². The Hall–Kier alpha value is -2.34. The molecule has 0 aromatic heterocycles. The molecule has 1 N–H and O–H groups in total. The first-order valence-electron chi connectivity index (χ1n) is 6.52. The third kappa shape index (κ3) is 3.85. The van der Waals surface area contributed by atoms with Crippen LogP contribution in [-0.2, 0) is 4.74 Å². The highest BCUT2D eigenvalue weighted by molar-refractivity contribution is 5.94. The maximum atomic E-state index is 13.2. The molecular weight excluding hydrogens is 295 g/mol. The second kappa shape index (κ2) is 7.09. The van der Waals surface area contributed by atoms with E-state index in [1.807, 2.05) is 0 Å². The van der Waals surface area contributed by atoms with E-state index in [-0.39, 0.29) is 12.1 Å². The smallest absolute Gasteiger partial charge is 0.251 e. The van der Waals surface area contributed by atoms with Gasteiger partial charge in [0.05, 0.1) is 6.10 Å². The van der Waals surface area contributed by atoms with Gasteiger partial charge in [-0.05, 0) is 35.9 Å². The molecule has 22 heavy (non-hydrogen) atoms. The molecule has 116 valence electrons. The summed E-state index contributed by atoms with van der Waals surface area (Å²) in [5.74, 6) is -3.10. The van der Waals surface area contributed by atoms with Crippen molar-refractivity contribution in [2.24, 2.45) is 0 Å². The van der Waals surface area contributed by atoms with E-state index >= 15 is 0 Å². The van der Waals surface area contributed by atoms with Gasteiger partial charge in [-0.15, -0.1) is 0 Å². The topological polar surface area (TPSA) is 38.3 Å². The van der Waals surface area contributed by atoms with Crippen LogP contribution in [0.4, 0.5) is 13.2 Å². The van der Waals surface area contributed by atoms with Crippen molar-refractivity contribution in [1.82, 2.24) is 5.32 Å². The van der Waals surface area contributed by atoms with Crippen molar-refractivity contribution < 1.29 is 22.7 Å². The molecule has 1 atom stereocenters. The van der Waals surface area contributed by atoms with Crippen molar-refractivity contribution in [2.75, 3.05) is 13.7 Å². The average Bonchev–Trinajstić information content (AvgIpc) is 2.50. The molecule has 0 fully saturated rings. The van der Waals surface area contributed by atoms with E-state index < -0.39 is 29.5 Å². The van der Waals surface area contributed by atoms with Crippen LogP contribution in [0.15, 0.2) is 42.5 Å². The first-order valence-corrected chi connectivity index (χ1v) is 6.52. The standard InChI is InChI=1S/C16H14F3NO2/c1-22-15(10-3-2-4-12(17)7-10)9-20-16(21)11-5-6-13(18)14(19)8-11/h2-8,15H,9H2,1H3,(H,20,21). The number of rotatable bonds is 5. The lowest BCUT2D eigenvalue weighted by molar-refractivity contribution is 0.0826. The summed E-state index contributed by atoms with van der Waals surface area (Å²) in [6.45, 7) is 0.0672. The molecule has 0 saturated carbocycles. The van der Waals surface area contributed by atoms with Crippen LogP contribution >= 0.6 is 0 Å². The molecule has 0 aliphatic rings. The van der Waals surface area contributed by atoms with Gasteiger partial charge in [0.2, 0.25) is 0 Å². The van der Waals surface area contributed by atoms with E-state index in [1.165, 1.54) is 31.4 Å². The van der Waals surface area contributed by atoms with Gasteiger partial charge in [0, 0.05) is 19.2 Å². The Labute approximate surface area is 125 Å². The SMILES string of the molecule is COC(CNC(=O)c1ccc(F)c(F)c1)c1cccc(F)c1. The van der Waals surface area contributed by atoms with Gasteiger partial charge in [0.1, 0.15) is 5.82 Å². The van der Waals surface area contributed by atoms with Gasteiger partial charge in [0.15, 0.2) is 11.6 Å². The van der Waals surface area contributed by atoms with Crippen LogP contribution in [0.2, 0.25) is 0 Å². The summed E-state index contributed by atoms with van der Waals surface area (Å²) in [6.07, 6.45) is -0.551. The molecule has 6 heteroatoms. The van der Waals surface area contributed by atoms with Crippen LogP contribution in [0.3, 0.4) is 0 Å². The number of carbonyl (C=O) groups is 1. The van der Waals surface area contributed by atoms with Crippen LogP contribution < -0.4 is 5.32 Å². The normalized spacial score (nSPS) is 12.0. The van der Waals surface area contributed by atoms with E-state index in [0.717, 1.165) is 12.1 Å². The van der Waals surface area contributed by atoms with E-state index in [0.29, 0.717) is 5.56 Å². The Morgan fingerprint density at radius 1 is 1.14 bits per heavy atom. The number of hydrogen-bond acceptors (Lipinski definition) is 2. The fourth-order valence-electron chi connectivity index (χ4n) is 1.97. The molecule has 2 aromatic carbocycles. The van der Waals surface area contributed by atoms with Gasteiger partial charge in [-0.3, -0.25) is 4.79 Å². The lowest BCUT2D eigenvalue weighted by atomic mass is 10.1. The molecule has 0 saturated heterocycles. The predicted molar refractivity (Wildman–Crippen MR) is 74.8 cm³/mol. The maximum absolute atomic E-state index is 13.2. The van der Waals surface area contributed by atoms with E-state index in [2.05, 4.69) is 5.32 Å². The monoisotopic (exact) mass is 309 g/mol. The largest absolute Gasteiger partial charge is 0.375 e. The number of amides is 1. The van der Waals surface area contributed by atoms with Crippen LogP contribution in [0.5, 0.6) is 0 Å². The molecule has 0 bridgehead atoms. The molecule has 0 aliphatic heterocycles. The van der Waals surface area contributed by atoms with E-state index in [9.17, 15) is 18.0 Å². The Balaban J connectivity index is 2.03. The van der Waals surface area contributed by atoms with E-state index in [1.54, 1.807) is 6.07 Å². The molecule has 1 amide bonds. The molecule has 1 unspecified atom stereocenters. The summed E-state index contributed by atoms with van der Waals surface area (Å²) in [7, 11) is 1.43. The average molecular weight is 309 g/mol. The Bertz CT molecular complexity index is 676. The van der Waals surface area contributed by atoms with Crippen molar-refractivity contribution >= 4 is 5.91 Å². The summed E-state index contributed by atoms with van der Waals surface area (Å²) in [4.78, 5) is 11.9. The highest BCUT2D eigenvalue weighted by Gasteiger charge is 2.14. The molecule has 0 aliphatic carbocycles. The lowest BCUT2D eigenvalue weighted by Crippen LogP contribution is -2.29. The number of benzene rings is 2. The number of nitrogens with one attached hydrogen (secondary N) is 1. The summed E-state index contributed by atoms with van der Waals surface area (Å²) in [5.41, 5.74) is 0.557. The number of hydrogen-bond donors (Lipinski definition) is 1. The molecule has 0 heterocycles. The first-order chi connectivity index (χ1) is 10.5. The second-order valence-corrected chi connectivity index (χ2v) is 4.62. The maximum Gasteiger partial charge on any atom is 0.251 e. The quantitative estimate of drug-likeness (QED) is 0.921. The minimum absolute atomic E-state index is 0.00649. The third-order valence-corrected chi connectivity index (χ3v) is 3.13. The second-order valence-electron chi connectivity index (χ2n) is 4.62. The number of halogens is 3. The summed E-state index contributed by atoms with van der Waals surface area (Å²) in [6, 6.07) is 8.68. The number of carbonyl (C=O) groups excluding carboxylic acids is 1. The van der Waals surface area contributed by atoms with Gasteiger partial charge in [-0.25, -0.2) is 13.2 Å². The Kier molecular flexibility index (Phi) is 5.16. The fraction of sp³-hybridized carbons (Fsp3) is 0.188. The number of ether oxygens (including phenoxy) is 1. The Morgan fingerprint density at radius 2 is 1.91 bits per heavy atom. The van der Waals surface area contributed by atoms with Crippen molar-refractivity contribution in [3.05, 3.63) is 71.0 Å².